The highest BCUT2D eigenvalue weighted by Crippen LogP contribution is 2.26. The molecule has 2 heterocycles. The van der Waals surface area contributed by atoms with Crippen molar-refractivity contribution in [1.29, 1.82) is 0 Å². The molecule has 5 nitrogen and oxygen atoms in total. The number of nitrogens with two attached hydrogens (primary N) is 1. The van der Waals surface area contributed by atoms with Crippen LogP contribution in [0.5, 0.6) is 0 Å². The molecule has 0 unspecified atom stereocenters. The number of anilines is 2. The van der Waals surface area contributed by atoms with Crippen LogP contribution in [0.25, 0.3) is 11.3 Å². The van der Waals surface area contributed by atoms with Gasteiger partial charge >= 0.3 is 0 Å². The Labute approximate surface area is 105 Å². The quantitative estimate of drug-likeness (QED) is 0.859. The van der Waals surface area contributed by atoms with Crippen molar-refractivity contribution in [3.8, 4) is 11.3 Å². The fourth-order valence-electron chi connectivity index (χ4n) is 1.83. The van der Waals surface area contributed by atoms with E-state index in [0.29, 0.717) is 12.0 Å². The maximum atomic E-state index is 5.75. The number of nitrogens with one attached hydrogen (secondary N) is 1. The van der Waals surface area contributed by atoms with Crippen LogP contribution in [-0.2, 0) is 0 Å². The average Bonchev–Trinajstić information content (AvgIpc) is 3.12. The molecule has 0 radical (unpaired) electrons. The zero-order valence-electron chi connectivity index (χ0n) is 10.2. The molecule has 5 heteroatoms. The van der Waals surface area contributed by atoms with E-state index in [4.69, 9.17) is 5.73 Å². The first-order valence-electron chi connectivity index (χ1n) is 6.05. The highest BCUT2D eigenvalue weighted by Gasteiger charge is 2.21. The van der Waals surface area contributed by atoms with E-state index in [0.717, 1.165) is 22.8 Å². The minimum Gasteiger partial charge on any atom is -0.368 e. The monoisotopic (exact) mass is 241 g/mol. The van der Waals surface area contributed by atoms with E-state index in [9.17, 15) is 0 Å². The summed E-state index contributed by atoms with van der Waals surface area (Å²) in [7, 11) is 0. The lowest BCUT2D eigenvalue weighted by atomic mass is 10.1. The molecule has 3 N–H and O–H groups in total. The van der Waals surface area contributed by atoms with Gasteiger partial charge in [-0.05, 0) is 31.9 Å². The predicted octanol–water partition coefficient (Wildman–Crippen LogP) is 2.00. The number of aromatic nitrogens is 3. The van der Waals surface area contributed by atoms with Crippen LogP contribution in [0, 0.1) is 6.92 Å². The smallest absolute Gasteiger partial charge is 0.222 e. The second kappa shape index (κ2) is 4.25. The van der Waals surface area contributed by atoms with Crippen molar-refractivity contribution < 1.29 is 0 Å². The lowest BCUT2D eigenvalue weighted by Gasteiger charge is -2.07. The lowest BCUT2D eigenvalue weighted by molar-refractivity contribution is 1.09. The van der Waals surface area contributed by atoms with Crippen molar-refractivity contribution in [2.45, 2.75) is 25.8 Å². The molecular weight excluding hydrogens is 226 g/mol. The highest BCUT2D eigenvalue weighted by molar-refractivity contribution is 5.64. The average molecular weight is 241 g/mol. The zero-order chi connectivity index (χ0) is 12.5. The number of aryl methyl sites for hydroxylation is 1. The molecule has 1 saturated carbocycles. The Hall–Kier alpha value is -2.17. The fraction of sp³-hybridized carbons (Fsp3) is 0.308. The van der Waals surface area contributed by atoms with Crippen molar-refractivity contribution in [1.82, 2.24) is 15.0 Å². The van der Waals surface area contributed by atoms with E-state index < -0.39 is 0 Å². The molecule has 0 aromatic carbocycles. The SMILES string of the molecule is Cc1cc(-c2cc(NC3CC3)nc(N)n2)ccn1. The lowest BCUT2D eigenvalue weighted by Crippen LogP contribution is -2.06. The van der Waals surface area contributed by atoms with E-state index >= 15 is 0 Å². The molecule has 1 aliphatic rings. The Balaban J connectivity index is 1.97. The Morgan fingerprint density at radius 3 is 2.83 bits per heavy atom. The molecule has 2 aromatic heterocycles. The Bertz CT molecular complexity index is 577. The van der Waals surface area contributed by atoms with Crippen LogP contribution in [0.4, 0.5) is 11.8 Å². The third kappa shape index (κ3) is 2.40. The Kier molecular flexibility index (Phi) is 2.59. The van der Waals surface area contributed by atoms with Crippen LogP contribution in [0.2, 0.25) is 0 Å². The Morgan fingerprint density at radius 2 is 2.11 bits per heavy atom. The number of rotatable bonds is 3. The van der Waals surface area contributed by atoms with Gasteiger partial charge in [0.2, 0.25) is 5.95 Å². The maximum absolute atomic E-state index is 5.75. The number of nitrogens with zero attached hydrogens (tertiary/aromatic N) is 3. The van der Waals surface area contributed by atoms with Gasteiger partial charge in [0.1, 0.15) is 5.82 Å². The van der Waals surface area contributed by atoms with Gasteiger partial charge in [0.25, 0.3) is 0 Å². The van der Waals surface area contributed by atoms with E-state index in [1.165, 1.54) is 12.8 Å². The van der Waals surface area contributed by atoms with Gasteiger partial charge in [-0.2, -0.15) is 4.98 Å². The van der Waals surface area contributed by atoms with Crippen LogP contribution in [0.1, 0.15) is 18.5 Å². The molecular formula is C13H15N5. The van der Waals surface area contributed by atoms with Gasteiger partial charge in [-0.1, -0.05) is 0 Å². The van der Waals surface area contributed by atoms with E-state index in [1.54, 1.807) is 6.20 Å². The summed E-state index contributed by atoms with van der Waals surface area (Å²) in [4.78, 5) is 12.7. The molecule has 1 fully saturated rings. The summed E-state index contributed by atoms with van der Waals surface area (Å²) in [6.45, 7) is 1.96. The van der Waals surface area contributed by atoms with E-state index in [-0.39, 0.29) is 0 Å². The largest absolute Gasteiger partial charge is 0.368 e. The van der Waals surface area contributed by atoms with Gasteiger partial charge in [0.15, 0.2) is 0 Å². The molecule has 0 atom stereocenters. The van der Waals surface area contributed by atoms with Crippen molar-refractivity contribution in [3.63, 3.8) is 0 Å². The van der Waals surface area contributed by atoms with Crippen LogP contribution < -0.4 is 11.1 Å². The molecule has 0 bridgehead atoms. The number of hydrogen-bond acceptors (Lipinski definition) is 5. The van der Waals surface area contributed by atoms with Crippen LogP contribution >= 0.6 is 0 Å². The van der Waals surface area contributed by atoms with Gasteiger partial charge in [0.05, 0.1) is 5.69 Å². The topological polar surface area (TPSA) is 76.7 Å². The van der Waals surface area contributed by atoms with Crippen molar-refractivity contribution in [2.75, 3.05) is 11.1 Å². The molecule has 3 rings (SSSR count). The van der Waals surface area contributed by atoms with Crippen LogP contribution in [0.15, 0.2) is 24.4 Å². The summed E-state index contributed by atoms with van der Waals surface area (Å²) in [5.41, 5.74) is 8.55. The van der Waals surface area contributed by atoms with E-state index in [2.05, 4.69) is 20.3 Å². The molecule has 18 heavy (non-hydrogen) atoms. The number of pyridine rings is 1. The molecule has 0 aliphatic heterocycles. The summed E-state index contributed by atoms with van der Waals surface area (Å²) in [6, 6.07) is 6.40. The van der Waals surface area contributed by atoms with Gasteiger partial charge < -0.3 is 11.1 Å². The first-order chi connectivity index (χ1) is 8.70. The Morgan fingerprint density at radius 1 is 1.28 bits per heavy atom. The van der Waals surface area contributed by atoms with Crippen LogP contribution in [-0.4, -0.2) is 21.0 Å². The summed E-state index contributed by atoms with van der Waals surface area (Å²) >= 11 is 0. The first kappa shape index (κ1) is 11.0. The normalized spacial score (nSPS) is 14.5. The standard InChI is InChI=1S/C13H15N5/c1-8-6-9(4-5-15-8)11-7-12(16-10-2-3-10)18-13(14)17-11/h4-7,10H,2-3H2,1H3,(H3,14,16,17,18). The van der Waals surface area contributed by atoms with Crippen LogP contribution in [0.3, 0.4) is 0 Å². The number of hydrogen-bond donors (Lipinski definition) is 2. The maximum Gasteiger partial charge on any atom is 0.222 e. The molecule has 92 valence electrons. The predicted molar refractivity (Wildman–Crippen MR) is 71.1 cm³/mol. The zero-order valence-corrected chi connectivity index (χ0v) is 10.2. The molecule has 2 aromatic rings. The van der Waals surface area contributed by atoms with Crippen molar-refractivity contribution >= 4 is 11.8 Å². The molecule has 1 aliphatic carbocycles. The second-order valence-electron chi connectivity index (χ2n) is 4.60. The summed E-state index contributed by atoms with van der Waals surface area (Å²) < 4.78 is 0. The van der Waals surface area contributed by atoms with Gasteiger partial charge in [0, 0.05) is 29.6 Å². The number of nitrogen functional groups attached to an aromatic ring is 1. The van der Waals surface area contributed by atoms with Gasteiger partial charge in [-0.3, -0.25) is 4.98 Å². The summed E-state index contributed by atoms with van der Waals surface area (Å²) in [6.07, 6.45) is 4.18. The third-order valence-corrected chi connectivity index (χ3v) is 2.87. The minimum atomic E-state index is 0.296. The summed E-state index contributed by atoms with van der Waals surface area (Å²) in [5, 5.41) is 3.33. The molecule has 0 amide bonds. The minimum absolute atomic E-state index is 0.296. The fourth-order valence-corrected chi connectivity index (χ4v) is 1.83. The van der Waals surface area contributed by atoms with Gasteiger partial charge in [-0.15, -0.1) is 0 Å². The first-order valence-corrected chi connectivity index (χ1v) is 6.05. The molecule has 0 saturated heterocycles. The van der Waals surface area contributed by atoms with Crippen molar-refractivity contribution in [2.24, 2.45) is 0 Å². The third-order valence-electron chi connectivity index (χ3n) is 2.87. The molecule has 0 spiro atoms. The summed E-state index contributed by atoms with van der Waals surface area (Å²) in [5.74, 6) is 1.10. The van der Waals surface area contributed by atoms with Gasteiger partial charge in [-0.25, -0.2) is 4.98 Å². The highest BCUT2D eigenvalue weighted by atomic mass is 15.1. The van der Waals surface area contributed by atoms with Crippen molar-refractivity contribution in [3.05, 3.63) is 30.1 Å². The second-order valence-corrected chi connectivity index (χ2v) is 4.60. The van der Waals surface area contributed by atoms with E-state index in [1.807, 2.05) is 25.1 Å².